The highest BCUT2D eigenvalue weighted by Gasteiger charge is 2.31. The number of aromatic nitrogens is 1. The summed E-state index contributed by atoms with van der Waals surface area (Å²) in [5.41, 5.74) is 17.2. The maximum Gasteiger partial charge on any atom is 0.326 e. The molecule has 4 atom stereocenters. The summed E-state index contributed by atoms with van der Waals surface area (Å²) in [4.78, 5) is 87.1. The minimum Gasteiger partial charge on any atom is -0.481 e. The maximum atomic E-state index is 13.1. The van der Waals surface area contributed by atoms with Crippen molar-refractivity contribution in [2.24, 2.45) is 17.2 Å². The van der Waals surface area contributed by atoms with Gasteiger partial charge in [-0.2, -0.15) is 0 Å². The van der Waals surface area contributed by atoms with Crippen molar-refractivity contribution in [2.45, 2.75) is 62.7 Å². The molecule has 16 nitrogen and oxygen atoms in total. The number of hydrogen-bond acceptors (Lipinski definition) is 8. The molecule has 1 aromatic carbocycles. The van der Waals surface area contributed by atoms with Crippen LogP contribution in [0.15, 0.2) is 30.5 Å². The number of carbonyl (C=O) groups is 7. The molecule has 1 aromatic heterocycles. The highest BCUT2D eigenvalue weighted by molar-refractivity contribution is 5.95. The quantitative estimate of drug-likeness (QED) is 0.0961. The monoisotopic (exact) mass is 575 g/mol. The summed E-state index contributed by atoms with van der Waals surface area (Å²) >= 11 is 0. The molecule has 0 spiro atoms. The summed E-state index contributed by atoms with van der Waals surface area (Å²) in [6.45, 7) is 0. The molecule has 0 fully saturated rings. The van der Waals surface area contributed by atoms with Gasteiger partial charge in [-0.1, -0.05) is 18.2 Å². The third kappa shape index (κ3) is 10.2. The first-order chi connectivity index (χ1) is 19.3. The number of H-pyrrole nitrogens is 1. The van der Waals surface area contributed by atoms with Gasteiger partial charge in [-0.25, -0.2) is 4.79 Å². The zero-order valence-electron chi connectivity index (χ0n) is 21.9. The molecular formula is C25H33N7O9. The Bertz CT molecular complexity index is 1310. The second kappa shape index (κ2) is 15.0. The van der Waals surface area contributed by atoms with Gasteiger partial charge in [0.15, 0.2) is 0 Å². The van der Waals surface area contributed by atoms with Crippen molar-refractivity contribution in [3.8, 4) is 0 Å². The minimum atomic E-state index is -1.52. The summed E-state index contributed by atoms with van der Waals surface area (Å²) in [6, 6.07) is 1.25. The normalized spacial score (nSPS) is 13.8. The zero-order chi connectivity index (χ0) is 30.7. The lowest BCUT2D eigenvalue weighted by atomic mass is 10.0. The van der Waals surface area contributed by atoms with Crippen LogP contribution in [0.3, 0.4) is 0 Å². The lowest BCUT2D eigenvalue weighted by molar-refractivity contribution is -0.142. The Labute approximate surface area is 233 Å². The first kappa shape index (κ1) is 32.2. The van der Waals surface area contributed by atoms with Crippen LogP contribution in [0.4, 0.5) is 0 Å². The Hall–Kier alpha value is -4.99. The number of carboxylic acids is 2. The predicted molar refractivity (Wildman–Crippen MR) is 143 cm³/mol. The SMILES string of the molecule is NC(=O)CCC(NC(=O)C(N)CC(=O)O)C(=O)NC(CCC(N)=O)C(=O)NC(Cc1c[nH]c2ccccc12)C(=O)O. The second-order valence-electron chi connectivity index (χ2n) is 9.30. The van der Waals surface area contributed by atoms with E-state index in [1.807, 2.05) is 0 Å². The molecule has 41 heavy (non-hydrogen) atoms. The molecule has 0 saturated carbocycles. The summed E-state index contributed by atoms with van der Waals surface area (Å²) in [5.74, 6) is -7.29. The van der Waals surface area contributed by atoms with E-state index in [9.17, 15) is 38.7 Å². The summed E-state index contributed by atoms with van der Waals surface area (Å²) in [7, 11) is 0. The van der Waals surface area contributed by atoms with Gasteiger partial charge in [0, 0.05) is 36.4 Å². The van der Waals surface area contributed by atoms with Crippen molar-refractivity contribution in [3.63, 3.8) is 0 Å². The van der Waals surface area contributed by atoms with Crippen LogP contribution < -0.4 is 33.2 Å². The number of carbonyl (C=O) groups excluding carboxylic acids is 5. The fourth-order valence-electron chi connectivity index (χ4n) is 3.94. The van der Waals surface area contributed by atoms with Crippen LogP contribution in [0.1, 0.15) is 37.7 Å². The molecule has 0 aliphatic carbocycles. The standard InChI is InChI=1S/C25H33N7O9/c26-14(10-21(35)36)22(37)30-16(5-7-19(27)33)23(38)31-17(6-8-20(28)34)24(39)32-18(25(40)41)9-12-11-29-15-4-2-1-3-13(12)15/h1-4,11,14,16-18,29H,5-10,26H2,(H2,27,33)(H2,28,34)(H,30,37)(H,31,38)(H,32,39)(H,35,36)(H,40,41). The molecule has 12 N–H and O–H groups in total. The molecule has 2 aromatic rings. The topological polar surface area (TPSA) is 290 Å². The van der Waals surface area contributed by atoms with Crippen LogP contribution in [-0.2, 0) is 40.0 Å². The van der Waals surface area contributed by atoms with Gasteiger partial charge >= 0.3 is 11.9 Å². The fraction of sp³-hybridized carbons (Fsp3) is 0.400. The number of amides is 5. The van der Waals surface area contributed by atoms with Gasteiger partial charge in [-0.05, 0) is 24.5 Å². The number of benzene rings is 1. The van der Waals surface area contributed by atoms with Gasteiger partial charge in [0.25, 0.3) is 0 Å². The van der Waals surface area contributed by atoms with Crippen LogP contribution in [0.5, 0.6) is 0 Å². The molecule has 5 amide bonds. The summed E-state index contributed by atoms with van der Waals surface area (Å²) < 4.78 is 0. The Kier molecular flexibility index (Phi) is 11.8. The van der Waals surface area contributed by atoms with Crippen LogP contribution >= 0.6 is 0 Å². The van der Waals surface area contributed by atoms with Gasteiger partial charge in [0.1, 0.15) is 18.1 Å². The summed E-state index contributed by atoms with van der Waals surface area (Å²) in [5, 5.41) is 26.3. The van der Waals surface area contributed by atoms with Gasteiger partial charge in [0.2, 0.25) is 29.5 Å². The molecule has 222 valence electrons. The number of hydrogen-bond donors (Lipinski definition) is 9. The van der Waals surface area contributed by atoms with E-state index >= 15 is 0 Å². The van der Waals surface area contributed by atoms with E-state index in [1.165, 1.54) is 0 Å². The molecular weight excluding hydrogens is 542 g/mol. The first-order valence-electron chi connectivity index (χ1n) is 12.5. The van der Waals surface area contributed by atoms with Crippen LogP contribution in [-0.4, -0.2) is 80.8 Å². The average molecular weight is 576 g/mol. The number of nitrogens with two attached hydrogens (primary N) is 3. The summed E-state index contributed by atoms with van der Waals surface area (Å²) in [6.07, 6.45) is -0.611. The lowest BCUT2D eigenvalue weighted by Gasteiger charge is -2.25. The number of rotatable bonds is 17. The molecule has 2 rings (SSSR count). The molecule has 1 heterocycles. The Morgan fingerprint density at radius 2 is 1.29 bits per heavy atom. The second-order valence-corrected chi connectivity index (χ2v) is 9.30. The van der Waals surface area contributed by atoms with E-state index in [2.05, 4.69) is 20.9 Å². The van der Waals surface area contributed by atoms with E-state index in [0.29, 0.717) is 5.56 Å². The van der Waals surface area contributed by atoms with Gasteiger partial charge < -0.3 is 48.3 Å². The maximum absolute atomic E-state index is 13.1. The fourth-order valence-corrected chi connectivity index (χ4v) is 3.94. The molecule has 0 aliphatic rings. The van der Waals surface area contributed by atoms with E-state index in [4.69, 9.17) is 22.3 Å². The van der Waals surface area contributed by atoms with Crippen molar-refractivity contribution in [1.29, 1.82) is 0 Å². The predicted octanol–water partition coefficient (Wildman–Crippen LogP) is -2.42. The number of nitrogens with one attached hydrogen (secondary N) is 4. The van der Waals surface area contributed by atoms with Crippen molar-refractivity contribution >= 4 is 52.4 Å². The van der Waals surface area contributed by atoms with Crippen LogP contribution in [0, 0.1) is 0 Å². The Morgan fingerprint density at radius 3 is 1.80 bits per heavy atom. The Balaban J connectivity index is 2.22. The first-order valence-corrected chi connectivity index (χ1v) is 12.5. The number of fused-ring (bicyclic) bond motifs is 1. The highest BCUT2D eigenvalue weighted by atomic mass is 16.4. The molecule has 0 radical (unpaired) electrons. The molecule has 0 saturated heterocycles. The third-order valence-electron chi connectivity index (χ3n) is 6.07. The largest absolute Gasteiger partial charge is 0.481 e. The van der Waals surface area contributed by atoms with Gasteiger partial charge in [-0.3, -0.25) is 28.8 Å². The van der Waals surface area contributed by atoms with Crippen molar-refractivity contribution in [3.05, 3.63) is 36.0 Å². The molecule has 4 unspecified atom stereocenters. The van der Waals surface area contributed by atoms with Gasteiger partial charge in [0.05, 0.1) is 12.5 Å². The van der Waals surface area contributed by atoms with Crippen LogP contribution in [0.25, 0.3) is 10.9 Å². The molecule has 0 bridgehead atoms. The van der Waals surface area contributed by atoms with Crippen molar-refractivity contribution in [1.82, 2.24) is 20.9 Å². The van der Waals surface area contributed by atoms with E-state index in [1.54, 1.807) is 30.5 Å². The van der Waals surface area contributed by atoms with E-state index in [0.717, 1.165) is 10.9 Å². The van der Waals surface area contributed by atoms with E-state index in [-0.39, 0.29) is 32.1 Å². The number of carboxylic acid groups (broad SMARTS) is 2. The number of primary amides is 2. The number of aliphatic carboxylic acids is 2. The van der Waals surface area contributed by atoms with E-state index < -0.39 is 72.1 Å². The zero-order valence-corrected chi connectivity index (χ0v) is 21.9. The van der Waals surface area contributed by atoms with Crippen LogP contribution in [0.2, 0.25) is 0 Å². The number of para-hydroxylation sites is 1. The van der Waals surface area contributed by atoms with Crippen molar-refractivity contribution < 1.29 is 43.8 Å². The molecule has 16 heteroatoms. The average Bonchev–Trinajstić information content (AvgIpc) is 3.30. The van der Waals surface area contributed by atoms with Crippen molar-refractivity contribution in [2.75, 3.05) is 0 Å². The smallest absolute Gasteiger partial charge is 0.326 e. The van der Waals surface area contributed by atoms with Gasteiger partial charge in [-0.15, -0.1) is 0 Å². The molecule has 0 aliphatic heterocycles. The number of aromatic amines is 1. The minimum absolute atomic E-state index is 0.111. The third-order valence-corrected chi connectivity index (χ3v) is 6.07. The lowest BCUT2D eigenvalue weighted by Crippen LogP contribution is -2.57. The Morgan fingerprint density at radius 1 is 0.780 bits per heavy atom. The highest BCUT2D eigenvalue weighted by Crippen LogP contribution is 2.19.